The van der Waals surface area contributed by atoms with E-state index in [1.165, 1.54) is 11.9 Å². The quantitative estimate of drug-likeness (QED) is 0.861. The maximum Gasteiger partial charge on any atom is 0.412 e. The molecule has 1 amide bonds. The van der Waals surface area contributed by atoms with Gasteiger partial charge in [-0.15, -0.1) is 0 Å². The summed E-state index contributed by atoms with van der Waals surface area (Å²) < 4.78 is 0. The van der Waals surface area contributed by atoms with Gasteiger partial charge in [-0.3, -0.25) is 9.69 Å². The van der Waals surface area contributed by atoms with E-state index in [1.54, 1.807) is 6.08 Å². The van der Waals surface area contributed by atoms with E-state index >= 15 is 0 Å². The van der Waals surface area contributed by atoms with Crippen LogP contribution in [0.5, 0.6) is 0 Å². The zero-order chi connectivity index (χ0) is 20.4. The standard InChI is InChI=1S/C22H23N3O3/c1-14(2)12-25-13-17-10-19(26)16(11-23)9-18(17)20(15-7-5-4-6-8-15)21(25)24(3)22(27)28/h4-9,13-14,16H,10,12H2,1-3H3,(H,27,28). The fourth-order valence-electron chi connectivity index (χ4n) is 3.61. The van der Waals surface area contributed by atoms with Crippen LogP contribution in [0.15, 0.2) is 59.6 Å². The molecule has 28 heavy (non-hydrogen) atoms. The number of fused-ring (bicyclic) bond motifs is 1. The molecule has 0 saturated heterocycles. The molecular weight excluding hydrogens is 354 g/mol. The van der Waals surface area contributed by atoms with Crippen LogP contribution in [0, 0.1) is 23.2 Å². The second-order valence-electron chi connectivity index (χ2n) is 7.44. The summed E-state index contributed by atoms with van der Waals surface area (Å²) in [6, 6.07) is 11.6. The number of Topliss-reactive ketones (excluding diaryl/α,β-unsaturated/α-hetero) is 1. The van der Waals surface area contributed by atoms with E-state index in [0.29, 0.717) is 12.4 Å². The van der Waals surface area contributed by atoms with E-state index < -0.39 is 12.0 Å². The summed E-state index contributed by atoms with van der Waals surface area (Å²) in [7, 11) is 1.52. The predicted molar refractivity (Wildman–Crippen MR) is 106 cm³/mol. The van der Waals surface area contributed by atoms with Crippen molar-refractivity contribution in [3.05, 3.63) is 65.1 Å². The van der Waals surface area contributed by atoms with Gasteiger partial charge in [0.2, 0.25) is 0 Å². The van der Waals surface area contributed by atoms with E-state index in [9.17, 15) is 20.0 Å². The average Bonchev–Trinajstić information content (AvgIpc) is 2.66. The predicted octanol–water partition coefficient (Wildman–Crippen LogP) is 3.86. The molecule has 1 atom stereocenters. The number of carbonyl (C=O) groups is 2. The highest BCUT2D eigenvalue weighted by Crippen LogP contribution is 2.42. The highest BCUT2D eigenvalue weighted by atomic mass is 16.4. The van der Waals surface area contributed by atoms with Crippen LogP contribution < -0.4 is 0 Å². The highest BCUT2D eigenvalue weighted by Gasteiger charge is 2.35. The molecule has 1 heterocycles. The van der Waals surface area contributed by atoms with Crippen LogP contribution in [0.3, 0.4) is 0 Å². The minimum Gasteiger partial charge on any atom is -0.465 e. The SMILES string of the molecule is CC(C)CN1C=C2CC(=O)C(C#N)C=C2C(c2ccccc2)=C1N(C)C(=O)O. The number of benzene rings is 1. The van der Waals surface area contributed by atoms with Crippen LogP contribution in [0.1, 0.15) is 25.8 Å². The second-order valence-corrected chi connectivity index (χ2v) is 7.44. The normalized spacial score (nSPS) is 19.0. The number of ketones is 1. The molecular formula is C22H23N3O3. The molecule has 0 bridgehead atoms. The lowest BCUT2D eigenvalue weighted by Gasteiger charge is -2.38. The van der Waals surface area contributed by atoms with Crippen LogP contribution in [0.25, 0.3) is 5.57 Å². The largest absolute Gasteiger partial charge is 0.465 e. The molecule has 0 spiro atoms. The van der Waals surface area contributed by atoms with Gasteiger partial charge in [0, 0.05) is 31.8 Å². The Morgan fingerprint density at radius 1 is 1.36 bits per heavy atom. The summed E-state index contributed by atoms with van der Waals surface area (Å²) in [4.78, 5) is 27.3. The van der Waals surface area contributed by atoms with Crippen LogP contribution >= 0.6 is 0 Å². The monoisotopic (exact) mass is 377 g/mol. The van der Waals surface area contributed by atoms with E-state index in [2.05, 4.69) is 13.8 Å². The lowest BCUT2D eigenvalue weighted by molar-refractivity contribution is -0.119. The van der Waals surface area contributed by atoms with Crippen molar-refractivity contribution in [1.29, 1.82) is 5.26 Å². The van der Waals surface area contributed by atoms with Gasteiger partial charge >= 0.3 is 6.09 Å². The van der Waals surface area contributed by atoms with Gasteiger partial charge in [-0.2, -0.15) is 5.26 Å². The Hall–Kier alpha value is -3.33. The molecule has 0 fully saturated rings. The Morgan fingerprint density at radius 2 is 2.04 bits per heavy atom. The fraction of sp³-hybridized carbons (Fsp3) is 0.318. The first-order valence-electron chi connectivity index (χ1n) is 9.22. The minimum absolute atomic E-state index is 0.135. The summed E-state index contributed by atoms with van der Waals surface area (Å²) in [5.74, 6) is -0.139. The maximum absolute atomic E-state index is 12.3. The van der Waals surface area contributed by atoms with Gasteiger partial charge in [-0.1, -0.05) is 50.3 Å². The molecule has 1 unspecified atom stereocenters. The number of allylic oxidation sites excluding steroid dienone is 4. The maximum atomic E-state index is 12.3. The molecule has 0 aromatic heterocycles. The van der Waals surface area contributed by atoms with Crippen molar-refractivity contribution in [2.24, 2.45) is 11.8 Å². The van der Waals surface area contributed by atoms with Gasteiger partial charge in [-0.05, 0) is 22.6 Å². The Labute approximate surface area is 164 Å². The summed E-state index contributed by atoms with van der Waals surface area (Å²) in [6.07, 6.45) is 2.62. The smallest absolute Gasteiger partial charge is 0.412 e. The number of hydrogen-bond acceptors (Lipinski definition) is 4. The summed E-state index contributed by atoms with van der Waals surface area (Å²) >= 11 is 0. The number of carboxylic acid groups (broad SMARTS) is 1. The molecule has 3 rings (SSSR count). The number of amides is 1. The van der Waals surface area contributed by atoms with E-state index in [1.807, 2.05) is 47.5 Å². The molecule has 0 radical (unpaired) electrons. The molecule has 1 aromatic rings. The lowest BCUT2D eigenvalue weighted by Crippen LogP contribution is -2.39. The Balaban J connectivity index is 2.31. The molecule has 1 aromatic carbocycles. The number of carbonyl (C=O) groups excluding carboxylic acids is 1. The second kappa shape index (κ2) is 7.73. The zero-order valence-electron chi connectivity index (χ0n) is 16.2. The Morgan fingerprint density at radius 3 is 2.61 bits per heavy atom. The van der Waals surface area contributed by atoms with E-state index in [0.717, 1.165) is 22.3 Å². The highest BCUT2D eigenvalue weighted by molar-refractivity contribution is 5.97. The molecule has 1 aliphatic carbocycles. The van der Waals surface area contributed by atoms with Crippen molar-refractivity contribution in [1.82, 2.24) is 9.80 Å². The third-order valence-corrected chi connectivity index (χ3v) is 4.84. The lowest BCUT2D eigenvalue weighted by atomic mass is 9.79. The van der Waals surface area contributed by atoms with Crippen molar-refractivity contribution >= 4 is 17.4 Å². The fourth-order valence-corrected chi connectivity index (χ4v) is 3.61. The van der Waals surface area contributed by atoms with Crippen LogP contribution in [0.2, 0.25) is 0 Å². The van der Waals surface area contributed by atoms with E-state index in [4.69, 9.17) is 0 Å². The summed E-state index contributed by atoms with van der Waals surface area (Å²) in [5, 5.41) is 19.1. The number of rotatable bonds is 4. The van der Waals surface area contributed by atoms with Crippen LogP contribution in [-0.4, -0.2) is 40.4 Å². The van der Waals surface area contributed by atoms with Gasteiger partial charge in [0.1, 0.15) is 11.7 Å². The molecule has 1 N–H and O–H groups in total. The van der Waals surface area contributed by atoms with Gasteiger partial charge in [0.25, 0.3) is 0 Å². The van der Waals surface area contributed by atoms with Gasteiger partial charge < -0.3 is 10.0 Å². The van der Waals surface area contributed by atoms with Crippen LogP contribution in [0.4, 0.5) is 4.79 Å². The summed E-state index contributed by atoms with van der Waals surface area (Å²) in [6.45, 7) is 4.72. The first-order valence-corrected chi connectivity index (χ1v) is 9.22. The van der Waals surface area contributed by atoms with Crippen molar-refractivity contribution in [3.63, 3.8) is 0 Å². The van der Waals surface area contributed by atoms with Crippen molar-refractivity contribution in [3.8, 4) is 6.07 Å². The molecule has 2 aliphatic rings. The van der Waals surface area contributed by atoms with E-state index in [-0.39, 0.29) is 18.1 Å². The summed E-state index contributed by atoms with van der Waals surface area (Å²) in [5.41, 5.74) is 3.16. The Kier molecular flexibility index (Phi) is 5.36. The third kappa shape index (κ3) is 3.56. The molecule has 1 aliphatic heterocycles. The van der Waals surface area contributed by atoms with Gasteiger partial charge in [0.05, 0.1) is 6.07 Å². The van der Waals surface area contributed by atoms with Crippen LogP contribution in [-0.2, 0) is 4.79 Å². The average molecular weight is 377 g/mol. The topological polar surface area (TPSA) is 84.6 Å². The number of nitrogens with zero attached hydrogens (tertiary/aromatic N) is 3. The first kappa shape index (κ1) is 19.4. The van der Waals surface area contributed by atoms with Crippen molar-refractivity contribution in [2.75, 3.05) is 13.6 Å². The van der Waals surface area contributed by atoms with Gasteiger partial charge in [-0.25, -0.2) is 4.79 Å². The Bertz CT molecular complexity index is 936. The number of hydrogen-bond donors (Lipinski definition) is 1. The van der Waals surface area contributed by atoms with Crippen molar-refractivity contribution in [2.45, 2.75) is 20.3 Å². The minimum atomic E-state index is -1.07. The molecule has 144 valence electrons. The number of nitriles is 1. The first-order chi connectivity index (χ1) is 13.3. The zero-order valence-corrected chi connectivity index (χ0v) is 16.2. The molecule has 0 saturated carbocycles. The van der Waals surface area contributed by atoms with Gasteiger partial charge in [0.15, 0.2) is 5.78 Å². The third-order valence-electron chi connectivity index (χ3n) is 4.84. The molecule has 6 nitrogen and oxygen atoms in total. The molecule has 6 heteroatoms. The van der Waals surface area contributed by atoms with Crippen molar-refractivity contribution < 1.29 is 14.7 Å².